The lowest BCUT2D eigenvalue weighted by molar-refractivity contribution is 0.241. The van der Waals surface area contributed by atoms with Crippen molar-refractivity contribution in [3.63, 3.8) is 0 Å². The Labute approximate surface area is 82.0 Å². The minimum Gasteiger partial charge on any atom is -0.438 e. The van der Waals surface area contributed by atoms with Gasteiger partial charge in [0.2, 0.25) is 5.89 Å². The molecule has 3 heteroatoms. The van der Waals surface area contributed by atoms with E-state index in [-0.39, 0.29) is 6.61 Å². The first kappa shape index (κ1) is 8.97. The third-order valence-corrected chi connectivity index (χ3v) is 1.99. The number of nitrogens with zero attached hydrogens (tertiary/aromatic N) is 1. The van der Waals surface area contributed by atoms with Crippen molar-refractivity contribution >= 4 is 0 Å². The van der Waals surface area contributed by atoms with Crippen molar-refractivity contribution in [2.24, 2.45) is 0 Å². The monoisotopic (exact) mass is 189 g/mol. The third-order valence-electron chi connectivity index (χ3n) is 1.99. The molecule has 0 spiro atoms. The lowest BCUT2D eigenvalue weighted by Gasteiger charge is -1.96. The summed E-state index contributed by atoms with van der Waals surface area (Å²) < 4.78 is 5.31. The predicted molar refractivity (Wildman–Crippen MR) is 52.6 cm³/mol. The second-order valence-corrected chi connectivity index (χ2v) is 3.15. The molecule has 2 aromatic rings. The van der Waals surface area contributed by atoms with E-state index in [2.05, 4.69) is 4.98 Å². The van der Waals surface area contributed by atoms with E-state index in [1.54, 1.807) is 6.20 Å². The molecular formula is C11H11NO2. The van der Waals surface area contributed by atoms with Crippen molar-refractivity contribution in [2.45, 2.75) is 13.5 Å². The Kier molecular flexibility index (Phi) is 2.33. The van der Waals surface area contributed by atoms with Crippen LogP contribution in [0.5, 0.6) is 0 Å². The molecule has 1 heterocycles. The highest BCUT2D eigenvalue weighted by molar-refractivity contribution is 5.57. The van der Waals surface area contributed by atoms with Gasteiger partial charge in [-0.15, -0.1) is 0 Å². The average Bonchev–Trinajstić information content (AvgIpc) is 2.66. The lowest BCUT2D eigenvalue weighted by Crippen LogP contribution is -1.78. The number of oxazole rings is 1. The molecule has 0 unspecified atom stereocenters. The number of benzene rings is 1. The van der Waals surface area contributed by atoms with Crippen molar-refractivity contribution < 1.29 is 9.52 Å². The first-order valence-electron chi connectivity index (χ1n) is 4.42. The molecule has 14 heavy (non-hydrogen) atoms. The second kappa shape index (κ2) is 3.64. The van der Waals surface area contributed by atoms with Gasteiger partial charge < -0.3 is 9.52 Å². The van der Waals surface area contributed by atoms with E-state index >= 15 is 0 Å². The van der Waals surface area contributed by atoms with E-state index in [1.165, 1.54) is 5.56 Å². The van der Waals surface area contributed by atoms with Crippen LogP contribution in [0.4, 0.5) is 0 Å². The van der Waals surface area contributed by atoms with Crippen LogP contribution in [0.15, 0.2) is 34.9 Å². The number of aliphatic hydroxyl groups excluding tert-OH is 1. The minimum atomic E-state index is -0.161. The van der Waals surface area contributed by atoms with Crippen molar-refractivity contribution in [3.05, 3.63) is 41.9 Å². The summed E-state index contributed by atoms with van der Waals surface area (Å²) in [5.41, 5.74) is 2.15. The van der Waals surface area contributed by atoms with Crippen LogP contribution in [0.3, 0.4) is 0 Å². The standard InChI is InChI=1S/C11H11NO2/c1-8-3-2-4-9(5-8)10-6-12-11(7-13)14-10/h2-6,13H,7H2,1H3. The Morgan fingerprint density at radius 3 is 2.93 bits per heavy atom. The van der Waals surface area contributed by atoms with Crippen LogP contribution in [-0.2, 0) is 6.61 Å². The molecule has 3 nitrogen and oxygen atoms in total. The summed E-state index contributed by atoms with van der Waals surface area (Å²) in [6.45, 7) is 1.86. The van der Waals surface area contributed by atoms with Gasteiger partial charge in [0.05, 0.1) is 6.20 Å². The predicted octanol–water partition coefficient (Wildman–Crippen LogP) is 2.14. The molecule has 1 aromatic heterocycles. The topological polar surface area (TPSA) is 46.3 Å². The molecular weight excluding hydrogens is 178 g/mol. The van der Waals surface area contributed by atoms with Gasteiger partial charge in [-0.3, -0.25) is 0 Å². The molecule has 72 valence electrons. The van der Waals surface area contributed by atoms with Crippen LogP contribution in [0.1, 0.15) is 11.5 Å². The van der Waals surface area contributed by atoms with Crippen LogP contribution in [-0.4, -0.2) is 10.1 Å². The Morgan fingerprint density at radius 2 is 2.29 bits per heavy atom. The highest BCUT2D eigenvalue weighted by atomic mass is 16.4. The summed E-state index contributed by atoms with van der Waals surface area (Å²) in [4.78, 5) is 3.92. The van der Waals surface area contributed by atoms with Crippen LogP contribution in [0, 0.1) is 6.92 Å². The van der Waals surface area contributed by atoms with Crippen molar-refractivity contribution in [1.82, 2.24) is 4.98 Å². The van der Waals surface area contributed by atoms with Crippen LogP contribution >= 0.6 is 0 Å². The molecule has 1 N–H and O–H groups in total. The zero-order valence-corrected chi connectivity index (χ0v) is 7.90. The summed E-state index contributed by atoms with van der Waals surface area (Å²) in [6, 6.07) is 7.95. The van der Waals surface area contributed by atoms with Gasteiger partial charge >= 0.3 is 0 Å². The number of aliphatic hydroxyl groups is 1. The van der Waals surface area contributed by atoms with Gasteiger partial charge in [-0.05, 0) is 13.0 Å². The fourth-order valence-corrected chi connectivity index (χ4v) is 1.32. The molecule has 0 fully saturated rings. The van der Waals surface area contributed by atoms with Gasteiger partial charge in [-0.25, -0.2) is 4.98 Å². The highest BCUT2D eigenvalue weighted by Crippen LogP contribution is 2.20. The van der Waals surface area contributed by atoms with Crippen molar-refractivity contribution in [3.8, 4) is 11.3 Å². The van der Waals surface area contributed by atoms with Gasteiger partial charge in [-0.2, -0.15) is 0 Å². The molecule has 0 saturated heterocycles. The highest BCUT2D eigenvalue weighted by Gasteiger charge is 2.04. The Bertz CT molecular complexity index is 434. The smallest absolute Gasteiger partial charge is 0.220 e. The zero-order chi connectivity index (χ0) is 9.97. The quantitative estimate of drug-likeness (QED) is 0.787. The molecule has 0 aliphatic carbocycles. The van der Waals surface area contributed by atoms with E-state index in [9.17, 15) is 0 Å². The number of aromatic nitrogens is 1. The summed E-state index contributed by atoms with van der Waals surface area (Å²) in [5.74, 6) is 1.04. The van der Waals surface area contributed by atoms with Gasteiger partial charge in [0, 0.05) is 5.56 Å². The number of hydrogen-bond donors (Lipinski definition) is 1. The Hall–Kier alpha value is -1.61. The second-order valence-electron chi connectivity index (χ2n) is 3.15. The molecule has 0 radical (unpaired) electrons. The molecule has 0 saturated carbocycles. The van der Waals surface area contributed by atoms with Crippen LogP contribution in [0.25, 0.3) is 11.3 Å². The van der Waals surface area contributed by atoms with Crippen LogP contribution in [0.2, 0.25) is 0 Å². The maximum Gasteiger partial charge on any atom is 0.220 e. The van der Waals surface area contributed by atoms with Crippen LogP contribution < -0.4 is 0 Å². The van der Waals surface area contributed by atoms with E-state index < -0.39 is 0 Å². The first-order valence-corrected chi connectivity index (χ1v) is 4.42. The fraction of sp³-hybridized carbons (Fsp3) is 0.182. The first-order chi connectivity index (χ1) is 6.79. The van der Waals surface area contributed by atoms with Crippen molar-refractivity contribution in [2.75, 3.05) is 0 Å². The molecule has 0 amide bonds. The average molecular weight is 189 g/mol. The summed E-state index contributed by atoms with van der Waals surface area (Å²) in [5, 5.41) is 8.80. The number of rotatable bonds is 2. The maximum absolute atomic E-state index is 8.80. The molecule has 0 atom stereocenters. The Morgan fingerprint density at radius 1 is 1.43 bits per heavy atom. The van der Waals surface area contributed by atoms with Gasteiger partial charge in [0.25, 0.3) is 0 Å². The molecule has 1 aromatic carbocycles. The lowest BCUT2D eigenvalue weighted by atomic mass is 10.1. The number of aryl methyl sites for hydroxylation is 1. The van der Waals surface area contributed by atoms with E-state index in [4.69, 9.17) is 9.52 Å². The summed E-state index contributed by atoms with van der Waals surface area (Å²) >= 11 is 0. The van der Waals surface area contributed by atoms with E-state index in [1.807, 2.05) is 31.2 Å². The molecule has 0 aliphatic rings. The summed E-state index contributed by atoms with van der Waals surface area (Å²) in [7, 11) is 0. The molecule has 2 rings (SSSR count). The van der Waals surface area contributed by atoms with Gasteiger partial charge in [0.1, 0.15) is 6.61 Å². The largest absolute Gasteiger partial charge is 0.438 e. The SMILES string of the molecule is Cc1cccc(-c2cnc(CO)o2)c1. The maximum atomic E-state index is 8.80. The minimum absolute atomic E-state index is 0.161. The molecule has 0 aliphatic heterocycles. The number of hydrogen-bond acceptors (Lipinski definition) is 3. The summed E-state index contributed by atoms with van der Waals surface area (Å²) in [6.07, 6.45) is 1.63. The van der Waals surface area contributed by atoms with E-state index in [0.29, 0.717) is 11.7 Å². The Balaban J connectivity index is 2.39. The van der Waals surface area contributed by atoms with Gasteiger partial charge in [-0.1, -0.05) is 23.8 Å². The van der Waals surface area contributed by atoms with E-state index in [0.717, 1.165) is 5.56 Å². The normalized spacial score (nSPS) is 10.4. The third kappa shape index (κ3) is 1.67. The van der Waals surface area contributed by atoms with Gasteiger partial charge in [0.15, 0.2) is 5.76 Å². The zero-order valence-electron chi connectivity index (χ0n) is 7.90. The fourth-order valence-electron chi connectivity index (χ4n) is 1.32. The van der Waals surface area contributed by atoms with Crippen molar-refractivity contribution in [1.29, 1.82) is 0 Å². The molecule has 0 bridgehead atoms.